The Bertz CT molecular complexity index is 1020. The average Bonchev–Trinajstić information content (AvgIpc) is 2.53. The van der Waals surface area contributed by atoms with Crippen LogP contribution in [0.4, 0.5) is 5.69 Å². The maximum atomic E-state index is 11.9. The Labute approximate surface area is 136 Å². The van der Waals surface area contributed by atoms with Crippen molar-refractivity contribution in [2.24, 2.45) is 0 Å². The summed E-state index contributed by atoms with van der Waals surface area (Å²) in [6.45, 7) is 1.34. The number of benzene rings is 3. The zero-order chi connectivity index (χ0) is 17.4. The number of nitrogens with one attached hydrogen (secondary N) is 1. The SMILES string of the molecule is CC(=O)Nc1c2ccccc2c(C(=O)O)c2c(C(=O)O)cccc12. The predicted octanol–water partition coefficient (Wildman–Crippen LogP) is 3.35. The molecule has 3 N–H and O–H groups in total. The zero-order valence-electron chi connectivity index (χ0n) is 12.7. The maximum Gasteiger partial charge on any atom is 0.336 e. The van der Waals surface area contributed by atoms with E-state index in [1.165, 1.54) is 19.1 Å². The van der Waals surface area contributed by atoms with Gasteiger partial charge in [-0.1, -0.05) is 36.4 Å². The summed E-state index contributed by atoms with van der Waals surface area (Å²) >= 11 is 0. The summed E-state index contributed by atoms with van der Waals surface area (Å²) in [6, 6.07) is 11.2. The molecule has 1 amide bonds. The van der Waals surface area contributed by atoms with Gasteiger partial charge in [-0.15, -0.1) is 0 Å². The maximum absolute atomic E-state index is 11.9. The van der Waals surface area contributed by atoms with E-state index in [-0.39, 0.29) is 22.4 Å². The minimum Gasteiger partial charge on any atom is -0.478 e. The highest BCUT2D eigenvalue weighted by Gasteiger charge is 2.22. The van der Waals surface area contributed by atoms with Gasteiger partial charge in [-0.3, -0.25) is 4.79 Å². The van der Waals surface area contributed by atoms with Gasteiger partial charge < -0.3 is 15.5 Å². The van der Waals surface area contributed by atoms with Gasteiger partial charge >= 0.3 is 11.9 Å². The van der Waals surface area contributed by atoms with Gasteiger partial charge in [0.05, 0.1) is 16.8 Å². The van der Waals surface area contributed by atoms with Crippen LogP contribution >= 0.6 is 0 Å². The molecule has 0 heterocycles. The van der Waals surface area contributed by atoms with Gasteiger partial charge in [0.1, 0.15) is 0 Å². The lowest BCUT2D eigenvalue weighted by Crippen LogP contribution is -2.10. The smallest absolute Gasteiger partial charge is 0.336 e. The van der Waals surface area contributed by atoms with Gasteiger partial charge in [-0.2, -0.15) is 0 Å². The van der Waals surface area contributed by atoms with Crippen LogP contribution in [0, 0.1) is 0 Å². The van der Waals surface area contributed by atoms with Gasteiger partial charge in [-0.25, -0.2) is 9.59 Å². The molecule has 0 spiro atoms. The molecule has 0 radical (unpaired) electrons. The molecule has 3 rings (SSSR count). The Balaban J connectivity index is 2.65. The fraction of sp³-hybridized carbons (Fsp3) is 0.0556. The van der Waals surface area contributed by atoms with Gasteiger partial charge in [-0.05, 0) is 11.5 Å². The Hall–Kier alpha value is -3.41. The van der Waals surface area contributed by atoms with Crippen molar-refractivity contribution < 1.29 is 24.6 Å². The third-order valence-electron chi connectivity index (χ3n) is 3.79. The summed E-state index contributed by atoms with van der Waals surface area (Å²) in [5, 5.41) is 23.2. The van der Waals surface area contributed by atoms with E-state index in [0.29, 0.717) is 21.8 Å². The number of fused-ring (bicyclic) bond motifs is 2. The molecule has 0 atom stereocenters. The number of carboxylic acids is 2. The van der Waals surface area contributed by atoms with Crippen LogP contribution in [0.2, 0.25) is 0 Å². The molecule has 0 aliphatic heterocycles. The first kappa shape index (κ1) is 15.5. The summed E-state index contributed by atoms with van der Waals surface area (Å²) in [6.07, 6.45) is 0. The largest absolute Gasteiger partial charge is 0.478 e. The summed E-state index contributed by atoms with van der Waals surface area (Å²) in [5.74, 6) is -2.78. The van der Waals surface area contributed by atoms with Crippen molar-refractivity contribution in [3.8, 4) is 0 Å². The quantitative estimate of drug-likeness (QED) is 0.641. The van der Waals surface area contributed by atoms with Crippen molar-refractivity contribution in [2.75, 3.05) is 5.32 Å². The number of carbonyl (C=O) groups is 3. The number of rotatable bonds is 3. The van der Waals surface area contributed by atoms with Crippen LogP contribution in [-0.4, -0.2) is 28.1 Å². The molecule has 0 saturated carbocycles. The van der Waals surface area contributed by atoms with Crippen LogP contribution in [0.5, 0.6) is 0 Å². The normalized spacial score (nSPS) is 10.7. The number of hydrogen-bond acceptors (Lipinski definition) is 3. The molecule has 0 bridgehead atoms. The molecule has 120 valence electrons. The third-order valence-corrected chi connectivity index (χ3v) is 3.79. The minimum atomic E-state index is -1.23. The number of carboxylic acid groups (broad SMARTS) is 2. The lowest BCUT2D eigenvalue weighted by molar-refractivity contribution is -0.114. The topological polar surface area (TPSA) is 104 Å². The molecule has 0 unspecified atom stereocenters. The Morgan fingerprint density at radius 1 is 0.833 bits per heavy atom. The molecule has 3 aromatic carbocycles. The Kier molecular flexibility index (Phi) is 3.65. The number of aromatic carboxylic acids is 2. The molecule has 24 heavy (non-hydrogen) atoms. The fourth-order valence-electron chi connectivity index (χ4n) is 2.94. The molecular weight excluding hydrogens is 310 g/mol. The van der Waals surface area contributed by atoms with Crippen molar-refractivity contribution in [2.45, 2.75) is 6.92 Å². The van der Waals surface area contributed by atoms with Crippen LogP contribution in [0.15, 0.2) is 42.5 Å². The molecule has 0 aliphatic rings. The van der Waals surface area contributed by atoms with E-state index in [4.69, 9.17) is 0 Å². The molecule has 0 fully saturated rings. The first-order chi connectivity index (χ1) is 11.4. The Morgan fingerprint density at radius 3 is 2.04 bits per heavy atom. The highest BCUT2D eigenvalue weighted by Crippen LogP contribution is 2.38. The lowest BCUT2D eigenvalue weighted by Gasteiger charge is -2.16. The minimum absolute atomic E-state index is 0.0901. The second-order valence-electron chi connectivity index (χ2n) is 5.32. The van der Waals surface area contributed by atoms with E-state index < -0.39 is 11.9 Å². The van der Waals surface area contributed by atoms with Crippen LogP contribution in [-0.2, 0) is 4.79 Å². The molecule has 0 aromatic heterocycles. The predicted molar refractivity (Wildman–Crippen MR) is 89.7 cm³/mol. The van der Waals surface area contributed by atoms with E-state index >= 15 is 0 Å². The highest BCUT2D eigenvalue weighted by molar-refractivity contribution is 6.27. The third kappa shape index (κ3) is 2.34. The van der Waals surface area contributed by atoms with Crippen molar-refractivity contribution in [3.63, 3.8) is 0 Å². The van der Waals surface area contributed by atoms with E-state index in [2.05, 4.69) is 5.32 Å². The molecular formula is C18H13NO5. The molecule has 3 aromatic rings. The number of amides is 1. The van der Waals surface area contributed by atoms with Crippen molar-refractivity contribution in [1.82, 2.24) is 0 Å². The number of anilines is 1. The standard InChI is InChI=1S/C18H13NO5/c1-9(20)19-16-11-6-3-2-5-10(11)15(18(23)24)14-12(16)7-4-8-13(14)17(21)22/h2-8H,1H3,(H,19,20)(H,21,22)(H,23,24). The van der Waals surface area contributed by atoms with Crippen molar-refractivity contribution >= 4 is 45.1 Å². The van der Waals surface area contributed by atoms with Crippen molar-refractivity contribution in [3.05, 3.63) is 53.6 Å². The zero-order valence-corrected chi connectivity index (χ0v) is 12.7. The summed E-state index contributed by atoms with van der Waals surface area (Å²) in [7, 11) is 0. The number of carbonyl (C=O) groups excluding carboxylic acids is 1. The monoisotopic (exact) mass is 323 g/mol. The number of hydrogen-bond donors (Lipinski definition) is 3. The average molecular weight is 323 g/mol. The first-order valence-electron chi connectivity index (χ1n) is 7.13. The van der Waals surface area contributed by atoms with E-state index in [1.54, 1.807) is 30.3 Å². The second kappa shape index (κ2) is 5.66. The summed E-state index contributed by atoms with van der Waals surface area (Å²) in [4.78, 5) is 35.0. The van der Waals surface area contributed by atoms with Gasteiger partial charge in [0.2, 0.25) is 5.91 Å². The van der Waals surface area contributed by atoms with Crippen LogP contribution in [0.1, 0.15) is 27.6 Å². The molecule has 6 heteroatoms. The summed E-state index contributed by atoms with van der Waals surface area (Å²) < 4.78 is 0. The van der Waals surface area contributed by atoms with Gasteiger partial charge in [0.25, 0.3) is 0 Å². The molecule has 6 nitrogen and oxygen atoms in total. The Morgan fingerprint density at radius 2 is 1.46 bits per heavy atom. The van der Waals surface area contributed by atoms with Crippen LogP contribution in [0.25, 0.3) is 21.5 Å². The van der Waals surface area contributed by atoms with Crippen LogP contribution < -0.4 is 5.32 Å². The highest BCUT2D eigenvalue weighted by atomic mass is 16.4. The second-order valence-corrected chi connectivity index (χ2v) is 5.32. The van der Waals surface area contributed by atoms with Crippen molar-refractivity contribution in [1.29, 1.82) is 0 Å². The van der Waals surface area contributed by atoms with E-state index in [1.807, 2.05) is 0 Å². The van der Waals surface area contributed by atoms with Gasteiger partial charge in [0, 0.05) is 23.1 Å². The summed E-state index contributed by atoms with van der Waals surface area (Å²) in [5.41, 5.74) is 0.191. The van der Waals surface area contributed by atoms with E-state index in [0.717, 1.165) is 0 Å². The molecule has 0 saturated heterocycles. The van der Waals surface area contributed by atoms with Gasteiger partial charge in [0.15, 0.2) is 0 Å². The first-order valence-corrected chi connectivity index (χ1v) is 7.13. The lowest BCUT2D eigenvalue weighted by atomic mass is 9.91. The van der Waals surface area contributed by atoms with Crippen LogP contribution in [0.3, 0.4) is 0 Å². The fourth-order valence-corrected chi connectivity index (χ4v) is 2.94. The molecule has 0 aliphatic carbocycles. The van der Waals surface area contributed by atoms with E-state index in [9.17, 15) is 24.6 Å².